The number of benzene rings is 2. The summed E-state index contributed by atoms with van der Waals surface area (Å²) in [5.74, 6) is -1.22. The summed E-state index contributed by atoms with van der Waals surface area (Å²) >= 11 is 1.66. The van der Waals surface area contributed by atoms with Gasteiger partial charge >= 0.3 is 0 Å². The van der Waals surface area contributed by atoms with Crippen LogP contribution in [0.5, 0.6) is 0 Å². The second kappa shape index (κ2) is 16.9. The predicted octanol–water partition coefficient (Wildman–Crippen LogP) is 4.64. The van der Waals surface area contributed by atoms with E-state index in [2.05, 4.69) is 10.6 Å². The van der Waals surface area contributed by atoms with E-state index in [0.717, 1.165) is 29.5 Å². The number of nitrogens with zero attached hydrogens (tertiary/aromatic N) is 1. The first-order valence-electron chi connectivity index (χ1n) is 13.3. The second-order valence-electron chi connectivity index (χ2n) is 10.00. The lowest BCUT2D eigenvalue weighted by atomic mass is 9.96. The van der Waals surface area contributed by atoms with Crippen LogP contribution in [0.4, 0.5) is 18.9 Å². The number of amides is 2. The summed E-state index contributed by atoms with van der Waals surface area (Å²) in [6, 6.07) is 8.30. The number of carbonyl (C=O) groups excluding carboxylic acids is 3. The Balaban J connectivity index is 0.000000280. The normalized spacial score (nSPS) is 14.2. The second-order valence-corrected chi connectivity index (χ2v) is 11.1. The molecule has 0 bridgehead atoms. The summed E-state index contributed by atoms with van der Waals surface area (Å²) in [7, 11) is 0. The van der Waals surface area contributed by atoms with Gasteiger partial charge in [0.15, 0.2) is 17.4 Å². The fourth-order valence-corrected chi connectivity index (χ4v) is 5.09. The van der Waals surface area contributed by atoms with Gasteiger partial charge in [-0.2, -0.15) is 0 Å². The summed E-state index contributed by atoms with van der Waals surface area (Å²) in [5.41, 5.74) is 7.74. The Morgan fingerprint density at radius 1 is 1.10 bits per heavy atom. The predicted molar refractivity (Wildman–Crippen MR) is 153 cm³/mol. The number of carbonyl (C=O) groups is 3. The van der Waals surface area contributed by atoms with Crippen LogP contribution in [-0.4, -0.2) is 53.3 Å². The lowest BCUT2D eigenvalue weighted by Crippen LogP contribution is -2.35. The number of hydrogen-bond acceptors (Lipinski definition) is 6. The number of ketones is 1. The van der Waals surface area contributed by atoms with E-state index in [4.69, 9.17) is 5.73 Å². The molecule has 220 valence electrons. The summed E-state index contributed by atoms with van der Waals surface area (Å²) in [6.07, 6.45) is 2.23. The quantitative estimate of drug-likeness (QED) is 0.236. The molecule has 0 saturated carbocycles. The molecular formula is C29H39F3N4O3S. The first-order valence-corrected chi connectivity index (χ1v) is 14.5. The number of nitrogens with one attached hydrogen (secondary N) is 2. The molecule has 0 spiro atoms. The van der Waals surface area contributed by atoms with E-state index in [-0.39, 0.29) is 42.1 Å². The van der Waals surface area contributed by atoms with Crippen molar-refractivity contribution in [2.24, 2.45) is 11.7 Å². The number of Topliss-reactive ketones (excluding diaryl/α,β-unsaturated/α-hetero) is 1. The monoisotopic (exact) mass is 580 g/mol. The summed E-state index contributed by atoms with van der Waals surface area (Å²) < 4.78 is 39.3. The third kappa shape index (κ3) is 10.8. The van der Waals surface area contributed by atoms with Crippen LogP contribution in [0, 0.1) is 23.4 Å². The SMILES string of the molecule is CCCC(=O)[C@@H](Nc1ccc(CNC=O)cc1)C(C)C.NC(CC(=O)N1CCSC1)Cc1cc(F)c(F)cc1F. The summed E-state index contributed by atoms with van der Waals surface area (Å²) in [5, 5.41) is 5.93. The lowest BCUT2D eigenvalue weighted by molar-refractivity contribution is -0.130. The molecule has 1 aliphatic heterocycles. The van der Waals surface area contributed by atoms with Crippen molar-refractivity contribution in [3.05, 3.63) is 65.0 Å². The molecule has 2 aromatic rings. The molecule has 40 heavy (non-hydrogen) atoms. The van der Waals surface area contributed by atoms with E-state index in [9.17, 15) is 27.6 Å². The van der Waals surface area contributed by atoms with E-state index in [0.29, 0.717) is 37.9 Å². The molecule has 0 aliphatic carbocycles. The lowest BCUT2D eigenvalue weighted by Gasteiger charge is -2.22. The molecule has 0 aromatic heterocycles. The van der Waals surface area contributed by atoms with Gasteiger partial charge in [0.2, 0.25) is 12.3 Å². The number of thioether (sulfide) groups is 1. The van der Waals surface area contributed by atoms with Gasteiger partial charge in [0.05, 0.1) is 11.9 Å². The summed E-state index contributed by atoms with van der Waals surface area (Å²) in [6.45, 7) is 7.33. The molecule has 4 N–H and O–H groups in total. The van der Waals surface area contributed by atoms with Gasteiger partial charge in [0.25, 0.3) is 0 Å². The third-order valence-electron chi connectivity index (χ3n) is 6.29. The Bertz CT molecular complexity index is 1110. The van der Waals surface area contributed by atoms with Gasteiger partial charge in [-0.25, -0.2) is 13.2 Å². The van der Waals surface area contributed by atoms with Crippen molar-refractivity contribution < 1.29 is 27.6 Å². The molecule has 1 unspecified atom stereocenters. The highest BCUT2D eigenvalue weighted by molar-refractivity contribution is 7.99. The van der Waals surface area contributed by atoms with E-state index in [1.54, 1.807) is 16.7 Å². The van der Waals surface area contributed by atoms with Crippen LogP contribution in [0.15, 0.2) is 36.4 Å². The van der Waals surface area contributed by atoms with Gasteiger partial charge in [0, 0.05) is 49.5 Å². The molecule has 2 amide bonds. The number of hydrogen-bond donors (Lipinski definition) is 3. The van der Waals surface area contributed by atoms with Gasteiger partial charge < -0.3 is 21.3 Å². The Morgan fingerprint density at radius 3 is 2.35 bits per heavy atom. The van der Waals surface area contributed by atoms with Crippen LogP contribution in [0.1, 0.15) is 51.2 Å². The van der Waals surface area contributed by atoms with Crippen molar-refractivity contribution in [1.82, 2.24) is 10.2 Å². The van der Waals surface area contributed by atoms with Crippen LogP contribution in [0.3, 0.4) is 0 Å². The zero-order valence-electron chi connectivity index (χ0n) is 23.2. The maximum atomic E-state index is 13.5. The number of anilines is 1. The molecule has 2 aromatic carbocycles. The zero-order valence-corrected chi connectivity index (χ0v) is 24.0. The minimum Gasteiger partial charge on any atom is -0.375 e. The Kier molecular flexibility index (Phi) is 14.0. The molecule has 2 atom stereocenters. The Labute approximate surface area is 238 Å². The van der Waals surface area contributed by atoms with Gasteiger partial charge in [-0.05, 0) is 48.1 Å². The fourth-order valence-electron chi connectivity index (χ4n) is 4.12. The van der Waals surface area contributed by atoms with Crippen molar-refractivity contribution in [3.8, 4) is 0 Å². The maximum absolute atomic E-state index is 13.5. The maximum Gasteiger partial charge on any atom is 0.224 e. The molecule has 1 heterocycles. The average Bonchev–Trinajstić information content (AvgIpc) is 3.45. The molecule has 7 nitrogen and oxygen atoms in total. The Morgan fingerprint density at radius 2 is 1.77 bits per heavy atom. The smallest absolute Gasteiger partial charge is 0.224 e. The largest absolute Gasteiger partial charge is 0.375 e. The molecule has 11 heteroatoms. The minimum atomic E-state index is -1.23. The number of halogens is 3. The standard InChI is InChI=1S/C16H24N2O2.C13H15F3N2OS/c1-4-5-15(20)16(12(2)3)18-14-8-6-13(7-9-14)10-17-11-19;14-10-6-12(16)11(15)4-8(10)3-9(17)5-13(19)18-1-2-20-7-18/h6-9,11-12,16,18H,4-5,10H2,1-3H3,(H,17,19);4,6,9H,1-3,5,7,17H2/t16-;/m0./s1. The number of nitrogens with two attached hydrogens (primary N) is 1. The zero-order chi connectivity index (χ0) is 29.7. The van der Waals surface area contributed by atoms with Crippen LogP contribution in [-0.2, 0) is 27.3 Å². The third-order valence-corrected chi connectivity index (χ3v) is 7.25. The van der Waals surface area contributed by atoms with Crippen molar-refractivity contribution in [1.29, 1.82) is 0 Å². The van der Waals surface area contributed by atoms with Crippen LogP contribution >= 0.6 is 11.8 Å². The highest BCUT2D eigenvalue weighted by atomic mass is 32.2. The van der Waals surface area contributed by atoms with Crippen molar-refractivity contribution in [2.45, 2.75) is 65.1 Å². The van der Waals surface area contributed by atoms with E-state index >= 15 is 0 Å². The van der Waals surface area contributed by atoms with Crippen LogP contribution in [0.25, 0.3) is 0 Å². The highest BCUT2D eigenvalue weighted by Crippen LogP contribution is 2.19. The Hall–Kier alpha value is -3.05. The van der Waals surface area contributed by atoms with Crippen molar-refractivity contribution in [3.63, 3.8) is 0 Å². The average molecular weight is 581 g/mol. The van der Waals surface area contributed by atoms with E-state index in [1.165, 1.54) is 0 Å². The first kappa shape index (κ1) is 33.2. The first-order chi connectivity index (χ1) is 19.0. The fraction of sp³-hybridized carbons (Fsp3) is 0.483. The topological polar surface area (TPSA) is 105 Å². The molecule has 1 saturated heterocycles. The van der Waals surface area contributed by atoms with Gasteiger partial charge in [-0.1, -0.05) is 32.9 Å². The molecular weight excluding hydrogens is 541 g/mol. The van der Waals surface area contributed by atoms with E-state index < -0.39 is 23.5 Å². The van der Waals surface area contributed by atoms with Crippen LogP contribution in [0.2, 0.25) is 0 Å². The highest BCUT2D eigenvalue weighted by Gasteiger charge is 2.22. The van der Waals surface area contributed by atoms with Gasteiger partial charge in [-0.15, -0.1) is 11.8 Å². The van der Waals surface area contributed by atoms with Crippen molar-refractivity contribution >= 4 is 35.5 Å². The molecule has 3 rings (SSSR count). The summed E-state index contributed by atoms with van der Waals surface area (Å²) in [4.78, 5) is 35.9. The van der Waals surface area contributed by atoms with Crippen LogP contribution < -0.4 is 16.4 Å². The molecule has 1 aliphatic rings. The van der Waals surface area contributed by atoms with Crippen molar-refractivity contribution in [2.75, 3.05) is 23.5 Å². The molecule has 0 radical (unpaired) electrons. The van der Waals surface area contributed by atoms with E-state index in [1.807, 2.05) is 45.0 Å². The minimum absolute atomic E-state index is 0.00421. The van der Waals surface area contributed by atoms with Gasteiger partial charge in [0.1, 0.15) is 5.82 Å². The molecule has 1 fully saturated rings. The van der Waals surface area contributed by atoms with Gasteiger partial charge in [-0.3, -0.25) is 14.4 Å². The number of rotatable bonds is 13.